The second-order valence-electron chi connectivity index (χ2n) is 6.79. The van der Waals surface area contributed by atoms with Crippen molar-refractivity contribution in [2.45, 2.75) is 9.15 Å². The van der Waals surface area contributed by atoms with E-state index in [0.29, 0.717) is 0 Å². The first kappa shape index (κ1) is 19.2. The van der Waals surface area contributed by atoms with Gasteiger partial charge in [0.2, 0.25) is 0 Å². The van der Waals surface area contributed by atoms with Crippen LogP contribution in [0.5, 0.6) is 0 Å². The highest BCUT2D eigenvalue weighted by Gasteiger charge is 2.33. The molecule has 4 aromatic rings. The molecule has 4 rings (SSSR count). The highest BCUT2D eigenvalue weighted by molar-refractivity contribution is 9.10. The average Bonchev–Trinajstić information content (AvgIpc) is 2.80. The fourth-order valence-electron chi connectivity index (χ4n) is 3.53. The molecule has 0 amide bonds. The van der Waals surface area contributed by atoms with E-state index in [4.69, 9.17) is 0 Å². The van der Waals surface area contributed by atoms with E-state index in [1.165, 1.54) is 27.8 Å². The van der Waals surface area contributed by atoms with Gasteiger partial charge in [0.25, 0.3) is 0 Å². The van der Waals surface area contributed by atoms with Crippen molar-refractivity contribution < 1.29 is 0 Å². The second-order valence-corrected chi connectivity index (χ2v) is 8.89. The fraction of sp³-hybridized carbons (Fsp3) is 0.0769. The Morgan fingerprint density at radius 3 is 1.29 bits per heavy atom. The van der Waals surface area contributed by atoms with Gasteiger partial charge in [0.05, 0.1) is 4.83 Å². The quantitative estimate of drug-likeness (QED) is 0.197. The number of hydrogen-bond donors (Lipinski definition) is 0. The lowest BCUT2D eigenvalue weighted by Crippen LogP contribution is -2.21. The van der Waals surface area contributed by atoms with Crippen LogP contribution >= 0.6 is 31.9 Å². The Morgan fingerprint density at radius 2 is 0.821 bits per heavy atom. The van der Waals surface area contributed by atoms with Crippen molar-refractivity contribution >= 4 is 31.9 Å². The fourth-order valence-corrected chi connectivity index (χ4v) is 4.94. The van der Waals surface area contributed by atoms with Crippen LogP contribution in [0.4, 0.5) is 0 Å². The highest BCUT2D eigenvalue weighted by atomic mass is 79.9. The van der Waals surface area contributed by atoms with E-state index in [1.807, 2.05) is 6.07 Å². The molecule has 0 saturated carbocycles. The maximum atomic E-state index is 4.10. The van der Waals surface area contributed by atoms with Crippen molar-refractivity contribution in [3.8, 4) is 0 Å². The van der Waals surface area contributed by atoms with Gasteiger partial charge in [-0.05, 0) is 27.8 Å². The molecule has 28 heavy (non-hydrogen) atoms. The van der Waals surface area contributed by atoms with E-state index in [9.17, 15) is 0 Å². The summed E-state index contributed by atoms with van der Waals surface area (Å²) in [6.07, 6.45) is 0. The molecular formula is C26H20Br2. The maximum Gasteiger partial charge on any atom is 0.100 e. The Bertz CT molecular complexity index is 971. The SMILES string of the molecule is BrC(c1ccccc1)c1ccc(C(Br)(c2ccccc2)c2ccccc2)cc1. The monoisotopic (exact) mass is 490 g/mol. The van der Waals surface area contributed by atoms with Gasteiger partial charge in [-0.1, -0.05) is 147 Å². The Labute approximate surface area is 183 Å². The summed E-state index contributed by atoms with van der Waals surface area (Å²) in [5.41, 5.74) is 6.14. The van der Waals surface area contributed by atoms with Crippen molar-refractivity contribution in [2.24, 2.45) is 0 Å². The van der Waals surface area contributed by atoms with Crippen molar-refractivity contribution in [2.75, 3.05) is 0 Å². The van der Waals surface area contributed by atoms with Gasteiger partial charge in [0, 0.05) is 0 Å². The van der Waals surface area contributed by atoms with Gasteiger partial charge in [-0.2, -0.15) is 0 Å². The minimum Gasteiger partial charge on any atom is -0.0786 e. The predicted octanol–water partition coefficient (Wildman–Crippen LogP) is 7.86. The second kappa shape index (κ2) is 8.46. The lowest BCUT2D eigenvalue weighted by atomic mass is 9.84. The number of hydrogen-bond acceptors (Lipinski definition) is 0. The molecule has 0 spiro atoms. The standard InChI is InChI=1S/C26H20Br2/c27-25(20-10-4-1-5-11-20)21-16-18-24(19-17-21)26(28,22-12-6-2-7-13-22)23-14-8-3-9-15-23/h1-19,25H. The van der Waals surface area contributed by atoms with Gasteiger partial charge in [-0.25, -0.2) is 0 Å². The zero-order valence-corrected chi connectivity index (χ0v) is 18.5. The Balaban J connectivity index is 1.76. The summed E-state index contributed by atoms with van der Waals surface area (Å²) in [5, 5.41) is 0. The maximum absolute atomic E-state index is 4.10. The summed E-state index contributed by atoms with van der Waals surface area (Å²) in [5.74, 6) is 0. The molecule has 0 aromatic heterocycles. The molecule has 0 radical (unpaired) electrons. The van der Waals surface area contributed by atoms with E-state index >= 15 is 0 Å². The lowest BCUT2D eigenvalue weighted by molar-refractivity contribution is 0.914. The van der Waals surface area contributed by atoms with Crippen LogP contribution in [0.15, 0.2) is 115 Å². The van der Waals surface area contributed by atoms with Crippen molar-refractivity contribution in [1.82, 2.24) is 0 Å². The Hall–Kier alpha value is -2.16. The normalized spacial score (nSPS) is 12.5. The number of benzene rings is 4. The minimum absolute atomic E-state index is 0.181. The van der Waals surface area contributed by atoms with Crippen LogP contribution in [0.25, 0.3) is 0 Å². The topological polar surface area (TPSA) is 0 Å². The summed E-state index contributed by atoms with van der Waals surface area (Å²) >= 11 is 7.95. The molecular weight excluding hydrogens is 472 g/mol. The zero-order chi connectivity index (χ0) is 19.4. The summed E-state index contributed by atoms with van der Waals surface area (Å²) in [6.45, 7) is 0. The van der Waals surface area contributed by atoms with Crippen LogP contribution in [-0.4, -0.2) is 0 Å². The smallest absolute Gasteiger partial charge is 0.0786 e. The highest BCUT2D eigenvalue weighted by Crippen LogP contribution is 2.45. The Kier molecular flexibility index (Phi) is 5.79. The summed E-state index contributed by atoms with van der Waals surface area (Å²) in [6, 6.07) is 40.5. The molecule has 0 aliphatic carbocycles. The van der Waals surface area contributed by atoms with Crippen molar-refractivity contribution in [1.29, 1.82) is 0 Å². The van der Waals surface area contributed by atoms with Gasteiger partial charge in [0.15, 0.2) is 0 Å². The van der Waals surface area contributed by atoms with Crippen LogP contribution < -0.4 is 0 Å². The molecule has 1 atom stereocenters. The number of alkyl halides is 2. The summed E-state index contributed by atoms with van der Waals surface area (Å²) in [7, 11) is 0. The third kappa shape index (κ3) is 3.72. The summed E-state index contributed by atoms with van der Waals surface area (Å²) in [4.78, 5) is 0.181. The van der Waals surface area contributed by atoms with Crippen LogP contribution in [0.1, 0.15) is 32.6 Å². The van der Waals surface area contributed by atoms with Gasteiger partial charge in [-0.3, -0.25) is 0 Å². The third-order valence-corrected chi connectivity index (χ3v) is 7.47. The molecule has 138 valence electrons. The molecule has 0 saturated heterocycles. The number of rotatable bonds is 5. The molecule has 0 fully saturated rings. The third-order valence-electron chi connectivity index (χ3n) is 5.04. The van der Waals surface area contributed by atoms with Gasteiger partial charge in [0.1, 0.15) is 4.32 Å². The molecule has 0 aliphatic rings. The molecule has 0 heterocycles. The molecule has 4 aromatic carbocycles. The van der Waals surface area contributed by atoms with Gasteiger partial charge >= 0.3 is 0 Å². The first-order valence-electron chi connectivity index (χ1n) is 9.29. The molecule has 1 unspecified atom stereocenters. The van der Waals surface area contributed by atoms with E-state index in [-0.39, 0.29) is 9.15 Å². The minimum atomic E-state index is -0.386. The zero-order valence-electron chi connectivity index (χ0n) is 15.3. The molecule has 0 aliphatic heterocycles. The van der Waals surface area contributed by atoms with E-state index < -0.39 is 0 Å². The lowest BCUT2D eigenvalue weighted by Gasteiger charge is -2.30. The molecule has 0 nitrogen and oxygen atoms in total. The summed E-state index contributed by atoms with van der Waals surface area (Å²) < 4.78 is -0.386. The molecule has 0 N–H and O–H groups in total. The first-order valence-corrected chi connectivity index (χ1v) is 11.0. The van der Waals surface area contributed by atoms with Crippen LogP contribution in [0.2, 0.25) is 0 Å². The van der Waals surface area contributed by atoms with Gasteiger partial charge < -0.3 is 0 Å². The first-order chi connectivity index (χ1) is 13.7. The van der Waals surface area contributed by atoms with Crippen molar-refractivity contribution in [3.63, 3.8) is 0 Å². The van der Waals surface area contributed by atoms with Crippen LogP contribution in [-0.2, 0) is 4.32 Å². The Morgan fingerprint density at radius 1 is 0.464 bits per heavy atom. The van der Waals surface area contributed by atoms with E-state index in [1.54, 1.807) is 0 Å². The van der Waals surface area contributed by atoms with E-state index in [0.717, 1.165) is 0 Å². The number of halogens is 2. The predicted molar refractivity (Wildman–Crippen MR) is 125 cm³/mol. The van der Waals surface area contributed by atoms with Gasteiger partial charge in [-0.15, -0.1) is 0 Å². The van der Waals surface area contributed by atoms with Crippen molar-refractivity contribution in [3.05, 3.63) is 143 Å². The largest absolute Gasteiger partial charge is 0.100 e. The molecule has 0 bridgehead atoms. The van der Waals surface area contributed by atoms with E-state index in [2.05, 4.69) is 141 Å². The molecule has 2 heteroatoms. The van der Waals surface area contributed by atoms with Crippen LogP contribution in [0.3, 0.4) is 0 Å². The van der Waals surface area contributed by atoms with Crippen LogP contribution in [0, 0.1) is 0 Å². The average molecular weight is 492 g/mol.